The minimum absolute atomic E-state index is 0.143. The maximum atomic E-state index is 12.2. The van der Waals surface area contributed by atoms with E-state index in [0.717, 1.165) is 11.1 Å². The molecule has 1 heterocycles. The molecule has 2 aromatic carbocycles. The van der Waals surface area contributed by atoms with Gasteiger partial charge in [-0.25, -0.2) is 8.42 Å². The molecule has 0 N–H and O–H groups in total. The van der Waals surface area contributed by atoms with Crippen LogP contribution < -0.4 is 4.80 Å². The van der Waals surface area contributed by atoms with Crippen LogP contribution in [-0.2, 0) is 30.7 Å². The predicted octanol–water partition coefficient (Wildman–Crippen LogP) is 2.74. The Kier molecular flexibility index (Phi) is 7.54. The minimum Gasteiger partial charge on any atom is -0.455 e. The lowest BCUT2D eigenvalue weighted by molar-refractivity contribution is -0.147. The molecule has 0 radical (unpaired) electrons. The van der Waals surface area contributed by atoms with E-state index in [2.05, 4.69) is 4.99 Å². The number of rotatable bonds is 8. The van der Waals surface area contributed by atoms with Gasteiger partial charge in [0.2, 0.25) is 0 Å². The van der Waals surface area contributed by atoms with Crippen molar-refractivity contribution in [1.29, 1.82) is 0 Å². The Morgan fingerprint density at radius 1 is 1.06 bits per heavy atom. The molecule has 1 aromatic heterocycles. The van der Waals surface area contributed by atoms with Gasteiger partial charge in [-0.05, 0) is 24.6 Å². The summed E-state index contributed by atoms with van der Waals surface area (Å²) in [6.07, 6.45) is 1.49. The van der Waals surface area contributed by atoms with Crippen molar-refractivity contribution >= 4 is 33.1 Å². The molecular weight excluding hydrogens is 436 g/mol. The van der Waals surface area contributed by atoms with Crippen molar-refractivity contribution in [3.05, 3.63) is 82.1 Å². The van der Waals surface area contributed by atoms with E-state index in [1.807, 2.05) is 47.3 Å². The summed E-state index contributed by atoms with van der Waals surface area (Å²) in [6.45, 7) is 2.04. The highest BCUT2D eigenvalue weighted by molar-refractivity contribution is 7.91. The van der Waals surface area contributed by atoms with E-state index in [1.54, 1.807) is 18.2 Å². The van der Waals surface area contributed by atoms with Gasteiger partial charge in [0.25, 0.3) is 5.91 Å². The molecule has 1 amide bonds. The van der Waals surface area contributed by atoms with Crippen LogP contribution in [-0.4, -0.2) is 37.2 Å². The van der Waals surface area contributed by atoms with Crippen molar-refractivity contribution in [3.8, 4) is 0 Å². The third-order valence-corrected chi connectivity index (χ3v) is 6.91. The van der Waals surface area contributed by atoms with E-state index in [-0.39, 0.29) is 17.1 Å². The number of esters is 1. The van der Waals surface area contributed by atoms with Crippen molar-refractivity contribution in [2.24, 2.45) is 4.99 Å². The number of aromatic nitrogens is 1. The highest BCUT2D eigenvalue weighted by atomic mass is 32.2. The number of aryl methyl sites for hydroxylation is 1. The summed E-state index contributed by atoms with van der Waals surface area (Å²) in [4.78, 5) is 28.6. The molecule has 0 aliphatic rings. The summed E-state index contributed by atoms with van der Waals surface area (Å²) in [5, 5.41) is 1.82. The number of thiazole rings is 1. The quantitative estimate of drug-likeness (QED) is 0.484. The fourth-order valence-electron chi connectivity index (χ4n) is 2.71. The van der Waals surface area contributed by atoms with Crippen LogP contribution in [0.25, 0.3) is 0 Å². The molecule has 0 bridgehead atoms. The first-order chi connectivity index (χ1) is 14.8. The minimum atomic E-state index is -3.58. The lowest BCUT2D eigenvalue weighted by atomic mass is 10.1. The second-order valence-electron chi connectivity index (χ2n) is 6.85. The van der Waals surface area contributed by atoms with E-state index in [1.165, 1.54) is 23.5 Å². The number of benzene rings is 2. The fourth-order valence-corrected chi connectivity index (χ4v) is 4.70. The van der Waals surface area contributed by atoms with Crippen molar-refractivity contribution in [2.75, 3.05) is 12.4 Å². The Morgan fingerprint density at radius 2 is 1.77 bits per heavy atom. The summed E-state index contributed by atoms with van der Waals surface area (Å²) in [7, 11) is -3.58. The van der Waals surface area contributed by atoms with E-state index in [4.69, 9.17) is 4.74 Å². The number of carbonyl (C=O) groups excluding carboxylic acids is 2. The van der Waals surface area contributed by atoms with Crippen LogP contribution in [0, 0.1) is 6.92 Å². The van der Waals surface area contributed by atoms with Gasteiger partial charge in [0.05, 0.1) is 17.1 Å². The number of ether oxygens (including phenoxy) is 1. The maximum absolute atomic E-state index is 12.2. The zero-order valence-electron chi connectivity index (χ0n) is 16.9. The molecule has 9 heteroatoms. The van der Waals surface area contributed by atoms with E-state index in [0.29, 0.717) is 11.3 Å². The van der Waals surface area contributed by atoms with Gasteiger partial charge in [0, 0.05) is 18.1 Å². The molecule has 31 heavy (non-hydrogen) atoms. The molecule has 7 nitrogen and oxygen atoms in total. The van der Waals surface area contributed by atoms with Crippen molar-refractivity contribution < 1.29 is 22.7 Å². The van der Waals surface area contributed by atoms with Crippen LogP contribution in [0.15, 0.2) is 76.1 Å². The molecule has 162 valence electrons. The topological polar surface area (TPSA) is 94.8 Å². The van der Waals surface area contributed by atoms with Crippen molar-refractivity contribution in [3.63, 3.8) is 0 Å². The maximum Gasteiger partial charge on any atom is 0.307 e. The standard InChI is InChI=1S/C22H22N2O5S2/c1-17-7-9-18(10-8-17)15-24-12-13-30-22(24)23-20(25)16-29-21(26)11-14-31(27,28)19-5-3-2-4-6-19/h2-10,12-13H,11,14-16H2,1H3. The zero-order chi connectivity index (χ0) is 22.3. The van der Waals surface area contributed by atoms with Gasteiger partial charge >= 0.3 is 5.97 Å². The highest BCUT2D eigenvalue weighted by Gasteiger charge is 2.17. The number of carbonyl (C=O) groups is 2. The fraction of sp³-hybridized carbons (Fsp3) is 0.227. The van der Waals surface area contributed by atoms with Crippen molar-refractivity contribution in [2.45, 2.75) is 24.8 Å². The third kappa shape index (κ3) is 6.73. The molecule has 0 atom stereocenters. The zero-order valence-corrected chi connectivity index (χ0v) is 18.6. The van der Waals surface area contributed by atoms with Crippen LogP contribution in [0.3, 0.4) is 0 Å². The normalized spacial score (nSPS) is 12.0. The molecule has 0 saturated carbocycles. The number of nitrogens with zero attached hydrogens (tertiary/aromatic N) is 2. The molecule has 3 rings (SSSR count). The molecule has 0 aliphatic heterocycles. The monoisotopic (exact) mass is 458 g/mol. The number of hydrogen-bond acceptors (Lipinski definition) is 6. The van der Waals surface area contributed by atoms with E-state index >= 15 is 0 Å². The van der Waals surface area contributed by atoms with Crippen LogP contribution in [0.4, 0.5) is 0 Å². The Bertz CT molecular complexity index is 1210. The van der Waals surface area contributed by atoms with Crippen LogP contribution in [0.5, 0.6) is 0 Å². The summed E-state index contributed by atoms with van der Waals surface area (Å²) >= 11 is 1.30. The summed E-state index contributed by atoms with van der Waals surface area (Å²) in [5.74, 6) is -1.76. The van der Waals surface area contributed by atoms with E-state index in [9.17, 15) is 18.0 Å². The van der Waals surface area contributed by atoms with E-state index < -0.39 is 28.3 Å². The largest absolute Gasteiger partial charge is 0.455 e. The van der Waals surface area contributed by atoms with Crippen molar-refractivity contribution in [1.82, 2.24) is 4.57 Å². The van der Waals surface area contributed by atoms with Crippen LogP contribution in [0.2, 0.25) is 0 Å². The summed E-state index contributed by atoms with van der Waals surface area (Å²) in [6, 6.07) is 15.9. The number of amides is 1. The first-order valence-electron chi connectivity index (χ1n) is 9.54. The molecule has 0 spiro atoms. The van der Waals surface area contributed by atoms with Gasteiger partial charge in [-0.3, -0.25) is 9.59 Å². The second kappa shape index (κ2) is 10.3. The smallest absolute Gasteiger partial charge is 0.307 e. The van der Waals surface area contributed by atoms with Gasteiger partial charge in [-0.1, -0.05) is 48.0 Å². The molecule has 0 fully saturated rings. The predicted molar refractivity (Wildman–Crippen MR) is 117 cm³/mol. The molecule has 3 aromatic rings. The Morgan fingerprint density at radius 3 is 2.48 bits per heavy atom. The number of sulfone groups is 1. The van der Waals surface area contributed by atoms with Gasteiger partial charge in [0.1, 0.15) is 0 Å². The van der Waals surface area contributed by atoms with Gasteiger partial charge < -0.3 is 9.30 Å². The Hall–Kier alpha value is -3.04. The average Bonchev–Trinajstić information content (AvgIpc) is 3.19. The number of hydrogen-bond donors (Lipinski definition) is 0. The molecule has 0 saturated heterocycles. The summed E-state index contributed by atoms with van der Waals surface area (Å²) < 4.78 is 31.1. The van der Waals surface area contributed by atoms with Gasteiger partial charge in [-0.2, -0.15) is 4.99 Å². The second-order valence-corrected chi connectivity index (χ2v) is 9.83. The highest BCUT2D eigenvalue weighted by Crippen LogP contribution is 2.11. The first-order valence-corrected chi connectivity index (χ1v) is 12.1. The van der Waals surface area contributed by atoms with Gasteiger partial charge in [0.15, 0.2) is 21.2 Å². The molecule has 0 unspecified atom stereocenters. The Labute approximate surface area is 184 Å². The van der Waals surface area contributed by atoms with Crippen LogP contribution >= 0.6 is 11.3 Å². The lowest BCUT2D eigenvalue weighted by Crippen LogP contribution is -2.20. The Balaban J connectivity index is 1.53. The first kappa shape index (κ1) is 22.6. The molecule has 0 aliphatic carbocycles. The lowest BCUT2D eigenvalue weighted by Gasteiger charge is -2.05. The SMILES string of the molecule is Cc1ccc(Cn2ccsc2=NC(=O)COC(=O)CCS(=O)(=O)c2ccccc2)cc1. The van der Waals surface area contributed by atoms with Crippen LogP contribution in [0.1, 0.15) is 17.5 Å². The third-order valence-electron chi connectivity index (χ3n) is 4.39. The molecular formula is C22H22N2O5S2. The van der Waals surface area contributed by atoms with Gasteiger partial charge in [-0.15, -0.1) is 11.3 Å². The average molecular weight is 459 g/mol. The summed E-state index contributed by atoms with van der Waals surface area (Å²) in [5.41, 5.74) is 2.24.